The molecule has 0 spiro atoms. The fourth-order valence-electron chi connectivity index (χ4n) is 1.87. The minimum atomic E-state index is -1.58. The topological polar surface area (TPSA) is 80.3 Å². The summed E-state index contributed by atoms with van der Waals surface area (Å²) in [5.74, 6) is -4.72. The number of carboxylic acid groups (broad SMARTS) is 2. The Labute approximate surface area is 106 Å². The molecule has 18 heavy (non-hydrogen) atoms. The lowest BCUT2D eigenvalue weighted by atomic mass is 9.79. The molecular weight excluding hydrogens is 232 g/mol. The molecule has 0 bridgehead atoms. The largest absolute Gasteiger partial charge is 0.549 e. The predicted octanol–water partition coefficient (Wildman–Crippen LogP) is -0.140. The van der Waals surface area contributed by atoms with Crippen LogP contribution in [-0.2, 0) is 15.0 Å². The van der Waals surface area contributed by atoms with Gasteiger partial charge in [-0.25, -0.2) is 0 Å². The van der Waals surface area contributed by atoms with Crippen LogP contribution in [0, 0.1) is 5.92 Å². The van der Waals surface area contributed by atoms with E-state index in [0.717, 1.165) is 5.56 Å². The molecule has 0 radical (unpaired) electrons. The molecule has 1 aromatic rings. The van der Waals surface area contributed by atoms with E-state index in [0.29, 0.717) is 6.42 Å². The van der Waals surface area contributed by atoms with Crippen molar-refractivity contribution in [2.45, 2.75) is 32.1 Å². The Kier molecular flexibility index (Phi) is 4.48. The van der Waals surface area contributed by atoms with Crippen LogP contribution in [0.25, 0.3) is 0 Å². The average Bonchev–Trinajstić information content (AvgIpc) is 2.29. The number of aliphatic carboxylic acids is 2. The SMILES string of the molecule is CC(C)(CCC(C(=O)[O-])C(=O)[O-])c1ccccc1. The standard InChI is InChI=1S/C14H18O4/c1-14(2,10-6-4-3-5-7-10)9-8-11(12(15)16)13(17)18/h3-7,11H,8-9H2,1-2H3,(H,15,16)(H,17,18)/p-2. The zero-order chi connectivity index (χ0) is 13.8. The lowest BCUT2D eigenvalue weighted by Crippen LogP contribution is -2.43. The quantitative estimate of drug-likeness (QED) is 0.656. The van der Waals surface area contributed by atoms with Crippen LogP contribution in [0.2, 0.25) is 0 Å². The predicted molar refractivity (Wildman–Crippen MR) is 62.2 cm³/mol. The van der Waals surface area contributed by atoms with E-state index in [-0.39, 0.29) is 11.8 Å². The van der Waals surface area contributed by atoms with E-state index in [1.54, 1.807) is 0 Å². The third-order valence-corrected chi connectivity index (χ3v) is 3.18. The van der Waals surface area contributed by atoms with Crippen molar-refractivity contribution in [3.05, 3.63) is 35.9 Å². The van der Waals surface area contributed by atoms with E-state index < -0.39 is 17.9 Å². The van der Waals surface area contributed by atoms with E-state index in [2.05, 4.69) is 0 Å². The molecule has 0 atom stereocenters. The summed E-state index contributed by atoms with van der Waals surface area (Å²) in [6, 6.07) is 9.56. The van der Waals surface area contributed by atoms with Crippen LogP contribution < -0.4 is 10.2 Å². The van der Waals surface area contributed by atoms with E-state index in [4.69, 9.17) is 0 Å². The van der Waals surface area contributed by atoms with Crippen molar-refractivity contribution < 1.29 is 19.8 Å². The maximum absolute atomic E-state index is 10.7. The van der Waals surface area contributed by atoms with Gasteiger partial charge in [0.2, 0.25) is 0 Å². The monoisotopic (exact) mass is 248 g/mol. The summed E-state index contributed by atoms with van der Waals surface area (Å²) in [6.45, 7) is 3.90. The minimum Gasteiger partial charge on any atom is -0.549 e. The maximum Gasteiger partial charge on any atom is 0.0501 e. The molecule has 4 nitrogen and oxygen atoms in total. The van der Waals surface area contributed by atoms with Crippen LogP contribution in [0.15, 0.2) is 30.3 Å². The molecule has 0 N–H and O–H groups in total. The van der Waals surface area contributed by atoms with Gasteiger partial charge in [-0.3, -0.25) is 0 Å². The maximum atomic E-state index is 10.7. The summed E-state index contributed by atoms with van der Waals surface area (Å²) in [6.07, 6.45) is 0.441. The highest BCUT2D eigenvalue weighted by Crippen LogP contribution is 2.29. The molecule has 4 heteroatoms. The molecule has 0 aromatic heterocycles. The lowest BCUT2D eigenvalue weighted by Gasteiger charge is -2.28. The highest BCUT2D eigenvalue weighted by molar-refractivity contribution is 5.90. The number of carbonyl (C=O) groups is 2. The van der Waals surface area contributed by atoms with Crippen molar-refractivity contribution in [3.8, 4) is 0 Å². The molecule has 0 aliphatic rings. The Morgan fingerprint density at radius 2 is 1.61 bits per heavy atom. The summed E-state index contributed by atoms with van der Waals surface area (Å²) in [7, 11) is 0. The smallest absolute Gasteiger partial charge is 0.0501 e. The Balaban J connectivity index is 2.72. The number of rotatable bonds is 6. The minimum absolute atomic E-state index is 0.00651. The fourth-order valence-corrected chi connectivity index (χ4v) is 1.87. The molecule has 1 aromatic carbocycles. The van der Waals surface area contributed by atoms with Gasteiger partial charge in [-0.2, -0.15) is 0 Å². The van der Waals surface area contributed by atoms with E-state index >= 15 is 0 Å². The highest BCUT2D eigenvalue weighted by atomic mass is 16.4. The first kappa shape index (κ1) is 14.2. The summed E-state index contributed by atoms with van der Waals surface area (Å²) >= 11 is 0. The molecular formula is C14H16O4-2. The Hall–Kier alpha value is -1.84. The molecule has 0 heterocycles. The van der Waals surface area contributed by atoms with Crippen LogP contribution in [0.4, 0.5) is 0 Å². The number of carbonyl (C=O) groups excluding carboxylic acids is 2. The Bertz CT molecular complexity index is 409. The molecule has 0 amide bonds. The highest BCUT2D eigenvalue weighted by Gasteiger charge is 2.23. The number of hydrogen-bond donors (Lipinski definition) is 0. The second kappa shape index (κ2) is 5.67. The average molecular weight is 248 g/mol. The zero-order valence-corrected chi connectivity index (χ0v) is 10.5. The normalized spacial score (nSPS) is 11.5. The summed E-state index contributed by atoms with van der Waals surface area (Å²) < 4.78 is 0. The number of carboxylic acids is 2. The number of benzene rings is 1. The third kappa shape index (κ3) is 3.58. The molecule has 1 rings (SSSR count). The van der Waals surface area contributed by atoms with Gasteiger partial charge in [0.15, 0.2) is 0 Å². The van der Waals surface area contributed by atoms with Crippen LogP contribution in [0.3, 0.4) is 0 Å². The molecule has 0 fully saturated rings. The second-order valence-corrected chi connectivity index (χ2v) is 4.98. The summed E-state index contributed by atoms with van der Waals surface area (Å²) in [5.41, 5.74) is 0.755. The first-order valence-electron chi connectivity index (χ1n) is 5.82. The van der Waals surface area contributed by atoms with Gasteiger partial charge in [0.25, 0.3) is 0 Å². The van der Waals surface area contributed by atoms with E-state index in [1.807, 2.05) is 44.2 Å². The van der Waals surface area contributed by atoms with Gasteiger partial charge in [0.05, 0.1) is 11.9 Å². The van der Waals surface area contributed by atoms with Gasteiger partial charge in [-0.05, 0) is 23.8 Å². The molecule has 98 valence electrons. The van der Waals surface area contributed by atoms with E-state index in [1.165, 1.54) is 0 Å². The third-order valence-electron chi connectivity index (χ3n) is 3.18. The van der Waals surface area contributed by atoms with Crippen molar-refractivity contribution in [2.24, 2.45) is 5.92 Å². The summed E-state index contributed by atoms with van der Waals surface area (Å²) in [5, 5.41) is 21.3. The van der Waals surface area contributed by atoms with E-state index in [9.17, 15) is 19.8 Å². The lowest BCUT2D eigenvalue weighted by molar-refractivity contribution is -0.332. The van der Waals surface area contributed by atoms with Crippen molar-refractivity contribution in [1.29, 1.82) is 0 Å². The van der Waals surface area contributed by atoms with Crippen LogP contribution in [-0.4, -0.2) is 11.9 Å². The molecule has 0 unspecified atom stereocenters. The first-order valence-corrected chi connectivity index (χ1v) is 5.82. The van der Waals surface area contributed by atoms with Crippen molar-refractivity contribution in [1.82, 2.24) is 0 Å². The fraction of sp³-hybridized carbons (Fsp3) is 0.429. The van der Waals surface area contributed by atoms with Crippen molar-refractivity contribution in [3.63, 3.8) is 0 Å². The van der Waals surface area contributed by atoms with Gasteiger partial charge in [0.1, 0.15) is 0 Å². The Morgan fingerprint density at radius 3 is 2.06 bits per heavy atom. The van der Waals surface area contributed by atoms with Gasteiger partial charge < -0.3 is 19.8 Å². The van der Waals surface area contributed by atoms with Gasteiger partial charge >= 0.3 is 0 Å². The van der Waals surface area contributed by atoms with Gasteiger partial charge in [-0.1, -0.05) is 44.2 Å². The van der Waals surface area contributed by atoms with Gasteiger partial charge in [-0.15, -0.1) is 0 Å². The molecule has 0 saturated carbocycles. The Morgan fingerprint density at radius 1 is 1.11 bits per heavy atom. The zero-order valence-electron chi connectivity index (χ0n) is 10.5. The second-order valence-electron chi connectivity index (χ2n) is 4.98. The van der Waals surface area contributed by atoms with Crippen LogP contribution in [0.1, 0.15) is 32.3 Å². The molecule has 0 saturated heterocycles. The van der Waals surface area contributed by atoms with Crippen LogP contribution >= 0.6 is 0 Å². The summed E-state index contributed by atoms with van der Waals surface area (Å²) in [4.78, 5) is 21.3. The molecule has 0 aliphatic carbocycles. The first-order chi connectivity index (χ1) is 8.34. The molecule has 0 aliphatic heterocycles. The van der Waals surface area contributed by atoms with Crippen molar-refractivity contribution in [2.75, 3.05) is 0 Å². The van der Waals surface area contributed by atoms with Crippen molar-refractivity contribution >= 4 is 11.9 Å². The van der Waals surface area contributed by atoms with Crippen LogP contribution in [0.5, 0.6) is 0 Å². The number of hydrogen-bond acceptors (Lipinski definition) is 4. The van der Waals surface area contributed by atoms with Gasteiger partial charge in [0, 0.05) is 5.92 Å².